The van der Waals surface area contributed by atoms with Gasteiger partial charge in [-0.25, -0.2) is 18.6 Å². The van der Waals surface area contributed by atoms with Gasteiger partial charge in [0.2, 0.25) is 5.88 Å². The van der Waals surface area contributed by atoms with E-state index in [9.17, 15) is 13.6 Å². The van der Waals surface area contributed by atoms with Crippen molar-refractivity contribution >= 4 is 41.7 Å². The van der Waals surface area contributed by atoms with Crippen molar-refractivity contribution in [2.45, 2.75) is 153 Å². The standard InChI is InChI=1S/C50H60F4N6O4Si/c1-27(2)65(28(3)4,29(5)6)24-20-33-36(51)17-15-31-13-11-14-34(38(31)33)41-40(52)42-39-45(57-47(56-42)62-26-50-21-12-22-58(50)23-19-35(50)44(53)54)59-25-32-16-18-37(43(59)30(7)63-46(39)55-41)60(32)48(61)64-49(8,9)10/h11,13-15,17,27-30,32,37,43H,12,16,18-19,21-23,25-26H2,1-10H3/t30-,32+,37-,43+,50?/m0/s1. The number of anilines is 1. The van der Waals surface area contributed by atoms with E-state index in [0.29, 0.717) is 77.7 Å². The minimum Gasteiger partial charge on any atom is -0.472 e. The highest BCUT2D eigenvalue weighted by molar-refractivity contribution is 6.90. The minimum atomic E-state index is -2.33. The monoisotopic (exact) mass is 912 g/mol. The number of halogens is 4. The molecule has 65 heavy (non-hydrogen) atoms. The number of benzene rings is 2. The Morgan fingerprint density at radius 3 is 2.42 bits per heavy atom. The van der Waals surface area contributed by atoms with Gasteiger partial charge in [-0.15, -0.1) is 5.54 Å². The SMILES string of the molecule is CC(C)[Si](C#Cc1c(F)ccc2cccc(-c3nc4c5c(nc(OCC67CCCN6CCC7=C(F)F)nc5c3F)N3C[C@H]5CC[C@@H]([C@H]3[C@H](C)O4)N5C(=O)OC(C)(C)C)c12)(C(C)C)C(C)C. The van der Waals surface area contributed by atoms with Gasteiger partial charge in [0.1, 0.15) is 54.6 Å². The molecule has 2 aromatic heterocycles. The summed E-state index contributed by atoms with van der Waals surface area (Å²) >= 11 is 0. The first-order valence-corrected chi connectivity index (χ1v) is 25.5. The fourth-order valence-electron chi connectivity index (χ4n) is 12.3. The van der Waals surface area contributed by atoms with Crippen molar-refractivity contribution in [1.82, 2.24) is 24.8 Å². The molecule has 15 heteroatoms. The second-order valence-electron chi connectivity index (χ2n) is 20.7. The average Bonchev–Trinajstić information content (AvgIpc) is 3.88. The van der Waals surface area contributed by atoms with Gasteiger partial charge in [0.25, 0.3) is 6.08 Å². The molecule has 9 rings (SSSR count). The van der Waals surface area contributed by atoms with Gasteiger partial charge in [-0.05, 0) is 94.4 Å². The van der Waals surface area contributed by atoms with Gasteiger partial charge >= 0.3 is 12.1 Å². The first kappa shape index (κ1) is 45.2. The second kappa shape index (κ2) is 16.4. The number of rotatable bonds is 7. The third-order valence-electron chi connectivity index (χ3n) is 15.1. The molecule has 0 aliphatic carbocycles. The van der Waals surface area contributed by atoms with Crippen LogP contribution in [0.1, 0.15) is 107 Å². The molecule has 5 aliphatic rings. The summed E-state index contributed by atoms with van der Waals surface area (Å²) in [4.78, 5) is 34.4. The van der Waals surface area contributed by atoms with E-state index in [0.717, 1.165) is 6.42 Å². The third kappa shape index (κ3) is 7.32. The number of carbonyl (C=O) groups is 1. The molecule has 0 spiro atoms. The lowest BCUT2D eigenvalue weighted by Gasteiger charge is -2.48. The number of carbonyl (C=O) groups excluding carboxylic acids is 1. The van der Waals surface area contributed by atoms with Crippen LogP contribution in [0, 0.1) is 23.1 Å². The molecule has 7 heterocycles. The third-order valence-corrected chi connectivity index (χ3v) is 21.4. The van der Waals surface area contributed by atoms with E-state index >= 15 is 8.78 Å². The predicted molar refractivity (Wildman–Crippen MR) is 247 cm³/mol. The molecule has 0 radical (unpaired) electrons. The largest absolute Gasteiger partial charge is 0.472 e. The van der Waals surface area contributed by atoms with Crippen molar-refractivity contribution < 1.29 is 36.6 Å². The zero-order chi connectivity index (χ0) is 46.5. The number of amides is 1. The Morgan fingerprint density at radius 2 is 1.72 bits per heavy atom. The molecule has 1 amide bonds. The van der Waals surface area contributed by atoms with Crippen LogP contribution in [-0.2, 0) is 4.74 Å². The summed E-state index contributed by atoms with van der Waals surface area (Å²) in [5.74, 6) is 2.41. The number of hydrogen-bond donors (Lipinski definition) is 0. The molecular weight excluding hydrogens is 853 g/mol. The summed E-state index contributed by atoms with van der Waals surface area (Å²) < 4.78 is 82.5. The fourth-order valence-corrected chi connectivity index (χ4v) is 17.5. The van der Waals surface area contributed by atoms with E-state index in [1.54, 1.807) is 18.2 Å². The number of aromatic nitrogens is 3. The molecule has 4 saturated heterocycles. The molecule has 10 nitrogen and oxygen atoms in total. The Hall–Kier alpha value is -4.94. The average molecular weight is 913 g/mol. The molecule has 346 valence electrons. The van der Waals surface area contributed by atoms with Gasteiger partial charge < -0.3 is 19.1 Å². The van der Waals surface area contributed by atoms with Gasteiger partial charge in [0, 0.05) is 29.6 Å². The molecular formula is C50H60F4N6O4Si. The van der Waals surface area contributed by atoms with E-state index in [4.69, 9.17) is 29.2 Å². The van der Waals surface area contributed by atoms with Gasteiger partial charge in [0.05, 0.1) is 29.2 Å². The van der Waals surface area contributed by atoms with Crippen LogP contribution in [0.5, 0.6) is 11.9 Å². The Balaban J connectivity index is 1.24. The van der Waals surface area contributed by atoms with E-state index in [1.807, 2.05) is 43.6 Å². The molecule has 2 aromatic carbocycles. The van der Waals surface area contributed by atoms with Crippen molar-refractivity contribution in [1.29, 1.82) is 0 Å². The number of ether oxygens (including phenoxy) is 3. The molecule has 5 atom stereocenters. The molecule has 4 aromatic rings. The summed E-state index contributed by atoms with van der Waals surface area (Å²) in [6.07, 6.45) is 0.0949. The maximum atomic E-state index is 18.0. The van der Waals surface area contributed by atoms with Crippen molar-refractivity contribution in [3.8, 4) is 34.6 Å². The highest BCUT2D eigenvalue weighted by Gasteiger charge is 2.55. The zero-order valence-corrected chi connectivity index (χ0v) is 40.1. The lowest BCUT2D eigenvalue weighted by Crippen LogP contribution is -2.65. The van der Waals surface area contributed by atoms with Crippen molar-refractivity contribution in [3.05, 3.63) is 59.2 Å². The number of nitrogens with zero attached hydrogens (tertiary/aromatic N) is 6. The number of piperazine rings is 1. The number of pyridine rings is 1. The van der Waals surface area contributed by atoms with E-state index in [-0.39, 0.29) is 64.7 Å². The fraction of sp³-hybridized carbons (Fsp3) is 0.560. The van der Waals surface area contributed by atoms with Gasteiger partial charge in [-0.3, -0.25) is 9.80 Å². The van der Waals surface area contributed by atoms with E-state index < -0.39 is 55.2 Å². The molecule has 2 bridgehead atoms. The van der Waals surface area contributed by atoms with Gasteiger partial charge in [0.15, 0.2) is 5.82 Å². The Morgan fingerprint density at radius 1 is 0.985 bits per heavy atom. The zero-order valence-electron chi connectivity index (χ0n) is 39.1. The van der Waals surface area contributed by atoms with Crippen LogP contribution in [0.25, 0.3) is 32.9 Å². The summed E-state index contributed by atoms with van der Waals surface area (Å²) in [6, 6.07) is 7.16. The highest BCUT2D eigenvalue weighted by Crippen LogP contribution is 2.49. The van der Waals surface area contributed by atoms with Crippen LogP contribution in [0.15, 0.2) is 42.0 Å². The van der Waals surface area contributed by atoms with Crippen LogP contribution in [-0.4, -0.2) is 101 Å². The predicted octanol–water partition coefficient (Wildman–Crippen LogP) is 11.2. The van der Waals surface area contributed by atoms with Crippen LogP contribution in [0.3, 0.4) is 0 Å². The van der Waals surface area contributed by atoms with Gasteiger partial charge in [-0.1, -0.05) is 71.7 Å². The maximum absolute atomic E-state index is 18.0. The Kier molecular flexibility index (Phi) is 11.4. The van der Waals surface area contributed by atoms with Crippen LogP contribution < -0.4 is 14.4 Å². The first-order chi connectivity index (χ1) is 30.8. The summed E-state index contributed by atoms with van der Waals surface area (Å²) in [6.45, 7) is 21.9. The Bertz CT molecular complexity index is 2650. The molecule has 0 saturated carbocycles. The van der Waals surface area contributed by atoms with Crippen molar-refractivity contribution in [2.24, 2.45) is 0 Å². The summed E-state index contributed by atoms with van der Waals surface area (Å²) in [7, 11) is -2.33. The van der Waals surface area contributed by atoms with E-state index in [2.05, 4.69) is 57.9 Å². The van der Waals surface area contributed by atoms with Crippen LogP contribution in [0.4, 0.5) is 28.2 Å². The van der Waals surface area contributed by atoms with Gasteiger partial charge in [-0.2, -0.15) is 18.7 Å². The molecule has 1 unspecified atom stereocenters. The minimum absolute atomic E-state index is 0.0585. The number of fused-ring (bicyclic) bond motifs is 7. The smallest absolute Gasteiger partial charge is 0.410 e. The van der Waals surface area contributed by atoms with Crippen molar-refractivity contribution in [3.63, 3.8) is 0 Å². The second-order valence-corrected chi connectivity index (χ2v) is 26.2. The Labute approximate surface area is 380 Å². The molecule has 4 fully saturated rings. The quantitative estimate of drug-likeness (QED) is 0.102. The lowest BCUT2D eigenvalue weighted by molar-refractivity contribution is 0.000933. The molecule has 5 aliphatic heterocycles. The van der Waals surface area contributed by atoms with Crippen LogP contribution >= 0.6 is 0 Å². The van der Waals surface area contributed by atoms with E-state index in [1.165, 1.54) is 6.07 Å². The summed E-state index contributed by atoms with van der Waals surface area (Å²) in [5, 5.41) is 1.30. The molecule has 0 N–H and O–H groups in total. The topological polar surface area (TPSA) is 93.2 Å². The van der Waals surface area contributed by atoms with Crippen molar-refractivity contribution in [2.75, 3.05) is 31.1 Å². The first-order valence-electron chi connectivity index (χ1n) is 23.3. The number of hydrogen-bond acceptors (Lipinski definition) is 9. The maximum Gasteiger partial charge on any atom is 0.410 e. The highest BCUT2D eigenvalue weighted by atomic mass is 28.3. The van der Waals surface area contributed by atoms with Crippen LogP contribution in [0.2, 0.25) is 16.6 Å². The summed E-state index contributed by atoms with van der Waals surface area (Å²) in [5.41, 5.74) is 3.09. The normalized spacial score (nSPS) is 24.1. The lowest BCUT2D eigenvalue weighted by atomic mass is 9.90.